The Kier molecular flexibility index (Phi) is 6.21. The van der Waals surface area contributed by atoms with E-state index in [-0.39, 0.29) is 5.91 Å². The minimum Gasteiger partial charge on any atom is -0.465 e. The molecule has 0 saturated carbocycles. The van der Waals surface area contributed by atoms with Gasteiger partial charge in [0, 0.05) is 16.2 Å². The number of benzene rings is 4. The van der Waals surface area contributed by atoms with Gasteiger partial charge in [-0.15, -0.1) is 0 Å². The van der Waals surface area contributed by atoms with Gasteiger partial charge in [-0.3, -0.25) is 4.79 Å². The van der Waals surface area contributed by atoms with Crippen LogP contribution in [-0.4, -0.2) is 19.0 Å². The second-order valence-electron chi connectivity index (χ2n) is 8.22. The van der Waals surface area contributed by atoms with Gasteiger partial charge in [-0.25, -0.2) is 4.79 Å². The third-order valence-electron chi connectivity index (χ3n) is 6.06. The quantitative estimate of drug-likeness (QED) is 0.238. The molecule has 0 bridgehead atoms. The molecule has 4 aromatic rings. The van der Waals surface area contributed by atoms with Crippen molar-refractivity contribution in [3.8, 4) is 0 Å². The van der Waals surface area contributed by atoms with E-state index in [1.165, 1.54) is 7.11 Å². The summed E-state index contributed by atoms with van der Waals surface area (Å²) in [7, 11) is 1.36. The lowest BCUT2D eigenvalue weighted by molar-refractivity contribution is -0.113. The fourth-order valence-electron chi connectivity index (χ4n) is 4.45. The van der Waals surface area contributed by atoms with E-state index in [1.807, 2.05) is 84.9 Å². The first kappa shape index (κ1) is 22.6. The molecule has 4 nitrogen and oxygen atoms in total. The lowest BCUT2D eigenvalue weighted by Crippen LogP contribution is -2.26. The molecule has 0 unspecified atom stereocenters. The molecule has 1 aliphatic heterocycles. The van der Waals surface area contributed by atoms with E-state index in [1.54, 1.807) is 23.1 Å². The van der Waals surface area contributed by atoms with Crippen molar-refractivity contribution in [2.75, 3.05) is 12.0 Å². The molecular formula is C30H22ClNO3. The fourth-order valence-corrected chi connectivity index (χ4v) is 4.58. The van der Waals surface area contributed by atoms with Crippen molar-refractivity contribution in [3.63, 3.8) is 0 Å². The Hall–Kier alpha value is -4.15. The van der Waals surface area contributed by atoms with Crippen molar-refractivity contribution < 1.29 is 14.3 Å². The maximum Gasteiger partial charge on any atom is 0.337 e. The van der Waals surface area contributed by atoms with Gasteiger partial charge in [-0.05, 0) is 47.0 Å². The molecule has 5 heteroatoms. The summed E-state index contributed by atoms with van der Waals surface area (Å²) in [5.74, 6) is -0.502. The minimum absolute atomic E-state index is 0.0940. The number of fused-ring (bicyclic) bond motifs is 1. The van der Waals surface area contributed by atoms with Gasteiger partial charge >= 0.3 is 5.97 Å². The first-order chi connectivity index (χ1) is 17.1. The summed E-state index contributed by atoms with van der Waals surface area (Å²) in [6.07, 6.45) is 0. The number of amides is 1. The van der Waals surface area contributed by atoms with E-state index in [4.69, 9.17) is 16.3 Å². The molecule has 0 saturated heterocycles. The molecule has 0 fully saturated rings. The van der Waals surface area contributed by atoms with Gasteiger partial charge in [0.25, 0.3) is 5.91 Å². The summed E-state index contributed by atoms with van der Waals surface area (Å²) < 4.78 is 4.86. The van der Waals surface area contributed by atoms with E-state index < -0.39 is 5.97 Å². The number of nitrogens with zero attached hydrogens (tertiary/aromatic N) is 1. The van der Waals surface area contributed by atoms with Gasteiger partial charge < -0.3 is 9.64 Å². The van der Waals surface area contributed by atoms with Crippen LogP contribution in [0, 0.1) is 0 Å². The number of hydrogen-bond acceptors (Lipinski definition) is 3. The Morgan fingerprint density at radius 3 is 2.20 bits per heavy atom. The van der Waals surface area contributed by atoms with Crippen molar-refractivity contribution in [1.29, 1.82) is 0 Å². The van der Waals surface area contributed by atoms with Crippen LogP contribution in [0.4, 0.5) is 5.69 Å². The molecule has 35 heavy (non-hydrogen) atoms. The molecule has 1 amide bonds. The Balaban J connectivity index is 1.66. The van der Waals surface area contributed by atoms with Gasteiger partial charge in [0.05, 0.1) is 30.5 Å². The zero-order chi connectivity index (χ0) is 24.4. The molecule has 0 aromatic heterocycles. The van der Waals surface area contributed by atoms with Gasteiger partial charge in [-0.1, -0.05) is 84.4 Å². The number of rotatable bonds is 5. The average molecular weight is 480 g/mol. The molecule has 0 radical (unpaired) electrons. The SMILES string of the molecule is COC(=O)c1cccc(CN2C(=O)/C(=C(/c3ccccc3)c3ccc(Cl)cc3)c3ccccc32)c1. The van der Waals surface area contributed by atoms with Crippen molar-refractivity contribution in [2.24, 2.45) is 0 Å². The maximum absolute atomic E-state index is 14.0. The van der Waals surface area contributed by atoms with E-state index in [0.717, 1.165) is 33.5 Å². The van der Waals surface area contributed by atoms with Crippen molar-refractivity contribution in [1.82, 2.24) is 0 Å². The summed E-state index contributed by atoms with van der Waals surface area (Å²) in [6, 6.07) is 32.4. The normalized spacial score (nSPS) is 14.0. The Morgan fingerprint density at radius 1 is 0.800 bits per heavy atom. The van der Waals surface area contributed by atoms with Crippen LogP contribution in [-0.2, 0) is 16.1 Å². The number of halogens is 1. The number of methoxy groups -OCH3 is 1. The zero-order valence-electron chi connectivity index (χ0n) is 19.1. The van der Waals surface area contributed by atoms with E-state index >= 15 is 0 Å². The summed E-state index contributed by atoms with van der Waals surface area (Å²) in [6.45, 7) is 0.326. The largest absolute Gasteiger partial charge is 0.465 e. The predicted octanol–water partition coefficient (Wildman–Crippen LogP) is 6.63. The Bertz CT molecular complexity index is 1440. The van der Waals surface area contributed by atoms with Gasteiger partial charge in [0.1, 0.15) is 0 Å². The smallest absolute Gasteiger partial charge is 0.337 e. The van der Waals surface area contributed by atoms with E-state index in [0.29, 0.717) is 22.7 Å². The van der Waals surface area contributed by atoms with Crippen molar-refractivity contribution in [2.45, 2.75) is 6.54 Å². The molecule has 4 aromatic carbocycles. The standard InChI is InChI=1S/C30H22ClNO3/c1-35-30(34)23-11-7-8-20(18-23)19-32-26-13-6-5-12-25(26)28(29(32)33)27(21-9-3-2-4-10-21)22-14-16-24(31)17-15-22/h2-18H,19H2,1H3/b28-27-. The number of esters is 1. The molecule has 1 aliphatic rings. The highest BCUT2D eigenvalue weighted by molar-refractivity contribution is 6.39. The van der Waals surface area contributed by atoms with Crippen molar-refractivity contribution >= 4 is 40.3 Å². The molecule has 0 spiro atoms. The zero-order valence-corrected chi connectivity index (χ0v) is 19.8. The summed E-state index contributed by atoms with van der Waals surface area (Å²) in [5.41, 5.74) is 6.34. The van der Waals surface area contributed by atoms with E-state index in [2.05, 4.69) is 0 Å². The topological polar surface area (TPSA) is 46.6 Å². The van der Waals surface area contributed by atoms with E-state index in [9.17, 15) is 9.59 Å². The first-order valence-corrected chi connectivity index (χ1v) is 11.6. The summed E-state index contributed by atoms with van der Waals surface area (Å²) >= 11 is 6.17. The van der Waals surface area contributed by atoms with Crippen molar-refractivity contribution in [3.05, 3.63) is 136 Å². The second kappa shape index (κ2) is 9.61. The Morgan fingerprint density at radius 2 is 1.46 bits per heavy atom. The molecule has 0 atom stereocenters. The highest BCUT2D eigenvalue weighted by Gasteiger charge is 2.35. The Labute approximate surface area is 209 Å². The molecule has 0 N–H and O–H groups in total. The summed E-state index contributed by atoms with van der Waals surface area (Å²) in [4.78, 5) is 27.8. The maximum atomic E-state index is 14.0. The highest BCUT2D eigenvalue weighted by Crippen LogP contribution is 2.43. The molecular weight excluding hydrogens is 458 g/mol. The molecule has 0 aliphatic carbocycles. The van der Waals surface area contributed by atoms with Crippen LogP contribution in [0.1, 0.15) is 32.6 Å². The predicted molar refractivity (Wildman–Crippen MR) is 139 cm³/mol. The first-order valence-electron chi connectivity index (χ1n) is 11.2. The van der Waals surface area contributed by atoms with Gasteiger partial charge in [0.15, 0.2) is 0 Å². The second-order valence-corrected chi connectivity index (χ2v) is 8.66. The van der Waals surface area contributed by atoms with Crippen LogP contribution in [0.25, 0.3) is 11.1 Å². The average Bonchev–Trinajstić information content (AvgIpc) is 3.17. The number of ether oxygens (including phenoxy) is 1. The van der Waals surface area contributed by atoms with Crippen LogP contribution in [0.15, 0.2) is 103 Å². The number of carbonyl (C=O) groups is 2. The molecule has 172 valence electrons. The molecule has 1 heterocycles. The number of hydrogen-bond donors (Lipinski definition) is 0. The van der Waals surface area contributed by atoms with Crippen LogP contribution in [0.2, 0.25) is 5.02 Å². The van der Waals surface area contributed by atoms with Crippen LogP contribution < -0.4 is 4.90 Å². The van der Waals surface area contributed by atoms with Gasteiger partial charge in [-0.2, -0.15) is 0 Å². The number of anilines is 1. The highest BCUT2D eigenvalue weighted by atomic mass is 35.5. The third-order valence-corrected chi connectivity index (χ3v) is 6.31. The molecule has 5 rings (SSSR count). The van der Waals surface area contributed by atoms with Crippen LogP contribution in [0.3, 0.4) is 0 Å². The monoisotopic (exact) mass is 479 g/mol. The van der Waals surface area contributed by atoms with Gasteiger partial charge in [0.2, 0.25) is 0 Å². The minimum atomic E-state index is -0.408. The summed E-state index contributed by atoms with van der Waals surface area (Å²) in [5, 5.41) is 0.636. The lowest BCUT2D eigenvalue weighted by atomic mass is 9.90. The number of carbonyl (C=O) groups excluding carboxylic acids is 2. The lowest BCUT2D eigenvalue weighted by Gasteiger charge is -2.18. The fraction of sp³-hybridized carbons (Fsp3) is 0.0667. The third kappa shape index (κ3) is 4.36. The van der Waals surface area contributed by atoms with Crippen LogP contribution >= 0.6 is 11.6 Å². The number of para-hydroxylation sites is 1. The van der Waals surface area contributed by atoms with Crippen LogP contribution in [0.5, 0.6) is 0 Å².